The first-order valence-corrected chi connectivity index (χ1v) is 9.97. The van der Waals surface area contributed by atoms with Crippen LogP contribution in [0.2, 0.25) is 0 Å². The van der Waals surface area contributed by atoms with E-state index in [1.807, 2.05) is 0 Å². The summed E-state index contributed by atoms with van der Waals surface area (Å²) < 4.78 is 29.9. The molecule has 2 saturated carbocycles. The third kappa shape index (κ3) is 2.42. The van der Waals surface area contributed by atoms with Crippen LogP contribution in [0.3, 0.4) is 0 Å². The molecule has 2 saturated heterocycles. The first kappa shape index (κ1) is 13.5. The quantitative estimate of drug-likeness (QED) is 0.833. The van der Waals surface area contributed by atoms with Crippen LogP contribution >= 0.6 is 0 Å². The first-order valence-electron chi connectivity index (χ1n) is 8.14. The van der Waals surface area contributed by atoms with E-state index in [0.717, 1.165) is 26.0 Å². The zero-order valence-corrected chi connectivity index (χ0v) is 12.8. The van der Waals surface area contributed by atoms with Crippen molar-refractivity contribution >= 4 is 9.84 Å². The molecule has 0 bridgehead atoms. The van der Waals surface area contributed by atoms with Crippen LogP contribution in [-0.2, 0) is 14.6 Å². The molecule has 20 heavy (non-hydrogen) atoms. The van der Waals surface area contributed by atoms with Crippen molar-refractivity contribution in [3.63, 3.8) is 0 Å². The summed E-state index contributed by atoms with van der Waals surface area (Å²) in [6.45, 7) is 1.79. The molecule has 3 unspecified atom stereocenters. The highest BCUT2D eigenvalue weighted by molar-refractivity contribution is 7.91. The molecule has 4 fully saturated rings. The molecule has 114 valence electrons. The van der Waals surface area contributed by atoms with Gasteiger partial charge in [0, 0.05) is 24.6 Å². The Morgan fingerprint density at radius 2 is 1.95 bits per heavy atom. The minimum absolute atomic E-state index is 0.0906. The zero-order valence-electron chi connectivity index (χ0n) is 12.0. The number of hydrogen-bond donors (Lipinski definition) is 1. The minimum atomic E-state index is -2.81. The molecule has 0 aromatic carbocycles. The maximum absolute atomic E-state index is 11.9. The van der Waals surface area contributed by atoms with Gasteiger partial charge < -0.3 is 10.1 Å². The second kappa shape index (κ2) is 4.68. The third-order valence-electron chi connectivity index (χ3n) is 5.82. The third-order valence-corrected chi connectivity index (χ3v) is 7.59. The molecule has 0 amide bonds. The van der Waals surface area contributed by atoms with Crippen molar-refractivity contribution in [3.05, 3.63) is 0 Å². The first-order chi connectivity index (χ1) is 9.59. The van der Waals surface area contributed by atoms with Crippen molar-refractivity contribution in [2.24, 2.45) is 17.3 Å². The van der Waals surface area contributed by atoms with Crippen LogP contribution in [0.1, 0.15) is 38.5 Å². The van der Waals surface area contributed by atoms with E-state index >= 15 is 0 Å². The Bertz CT molecular complexity index is 483. The van der Waals surface area contributed by atoms with Crippen molar-refractivity contribution in [3.8, 4) is 0 Å². The van der Waals surface area contributed by atoms with E-state index in [0.29, 0.717) is 35.5 Å². The van der Waals surface area contributed by atoms with Crippen LogP contribution in [0.5, 0.6) is 0 Å². The van der Waals surface area contributed by atoms with Crippen LogP contribution in [0.25, 0.3) is 0 Å². The molecule has 0 radical (unpaired) electrons. The van der Waals surface area contributed by atoms with E-state index < -0.39 is 9.84 Å². The topological polar surface area (TPSA) is 55.4 Å². The molecule has 3 atom stereocenters. The van der Waals surface area contributed by atoms with E-state index in [2.05, 4.69) is 5.32 Å². The summed E-state index contributed by atoms with van der Waals surface area (Å²) in [4.78, 5) is 0. The number of hydrogen-bond acceptors (Lipinski definition) is 4. The SMILES string of the molecule is O=S1(=O)CCC(C2(CNC3CC3)CCOC2C2CC2)C1. The molecule has 5 heteroatoms. The lowest BCUT2D eigenvalue weighted by Crippen LogP contribution is -2.48. The van der Waals surface area contributed by atoms with Crippen molar-refractivity contribution in [1.82, 2.24) is 5.32 Å². The normalized spacial score (nSPS) is 44.0. The van der Waals surface area contributed by atoms with Crippen LogP contribution in [0, 0.1) is 17.3 Å². The Morgan fingerprint density at radius 3 is 2.55 bits per heavy atom. The van der Waals surface area contributed by atoms with Gasteiger partial charge in [-0.3, -0.25) is 0 Å². The predicted octanol–water partition coefficient (Wildman–Crippen LogP) is 1.36. The van der Waals surface area contributed by atoms with Gasteiger partial charge in [-0.1, -0.05) is 0 Å². The van der Waals surface area contributed by atoms with Crippen LogP contribution in [0.4, 0.5) is 0 Å². The zero-order chi connectivity index (χ0) is 13.8. The Balaban J connectivity index is 1.57. The number of nitrogens with one attached hydrogen (secondary N) is 1. The molecule has 0 spiro atoms. The second-order valence-electron chi connectivity index (χ2n) is 7.37. The maximum atomic E-state index is 11.9. The van der Waals surface area contributed by atoms with E-state index in [-0.39, 0.29) is 5.41 Å². The fraction of sp³-hybridized carbons (Fsp3) is 1.00. The van der Waals surface area contributed by atoms with Gasteiger partial charge in [-0.05, 0) is 50.4 Å². The summed E-state index contributed by atoms with van der Waals surface area (Å²) in [5.41, 5.74) is 0.0906. The summed E-state index contributed by atoms with van der Waals surface area (Å²) >= 11 is 0. The monoisotopic (exact) mass is 299 g/mol. The van der Waals surface area contributed by atoms with Gasteiger partial charge in [0.25, 0.3) is 0 Å². The van der Waals surface area contributed by atoms with Gasteiger partial charge in [-0.2, -0.15) is 0 Å². The van der Waals surface area contributed by atoms with Crippen molar-refractivity contribution in [1.29, 1.82) is 0 Å². The molecule has 0 aromatic heterocycles. The van der Waals surface area contributed by atoms with Gasteiger partial charge in [0.15, 0.2) is 9.84 Å². The smallest absolute Gasteiger partial charge is 0.150 e. The summed E-state index contributed by atoms with van der Waals surface area (Å²) in [6.07, 6.45) is 7.33. The molecule has 2 heterocycles. The van der Waals surface area contributed by atoms with E-state index in [1.165, 1.54) is 25.7 Å². The largest absolute Gasteiger partial charge is 0.377 e. The number of ether oxygens (including phenoxy) is 1. The lowest BCUT2D eigenvalue weighted by Gasteiger charge is -2.39. The molecule has 2 aliphatic heterocycles. The van der Waals surface area contributed by atoms with Gasteiger partial charge in [0.05, 0.1) is 17.6 Å². The highest BCUT2D eigenvalue weighted by Crippen LogP contribution is 2.53. The predicted molar refractivity (Wildman–Crippen MR) is 77.3 cm³/mol. The molecule has 4 rings (SSSR count). The summed E-state index contributed by atoms with van der Waals surface area (Å²) in [7, 11) is -2.81. The summed E-state index contributed by atoms with van der Waals surface area (Å²) in [5.74, 6) is 1.79. The fourth-order valence-electron chi connectivity index (χ4n) is 4.33. The minimum Gasteiger partial charge on any atom is -0.377 e. The summed E-state index contributed by atoms with van der Waals surface area (Å²) in [6, 6.07) is 0.685. The fourth-order valence-corrected chi connectivity index (χ4v) is 6.25. The highest BCUT2D eigenvalue weighted by Gasteiger charge is 2.56. The number of sulfone groups is 1. The van der Waals surface area contributed by atoms with Crippen LogP contribution in [0.15, 0.2) is 0 Å². The van der Waals surface area contributed by atoms with Gasteiger partial charge in [-0.15, -0.1) is 0 Å². The lowest BCUT2D eigenvalue weighted by atomic mass is 9.68. The van der Waals surface area contributed by atoms with E-state index in [1.54, 1.807) is 0 Å². The average Bonchev–Trinajstić information content (AvgIpc) is 3.32. The summed E-state index contributed by atoms with van der Waals surface area (Å²) in [5, 5.41) is 3.68. The van der Waals surface area contributed by atoms with E-state index in [4.69, 9.17) is 4.74 Å². The number of rotatable bonds is 5. The van der Waals surface area contributed by atoms with Gasteiger partial charge in [-0.25, -0.2) is 8.42 Å². The van der Waals surface area contributed by atoms with Gasteiger partial charge >= 0.3 is 0 Å². The molecular formula is C15H25NO3S. The average molecular weight is 299 g/mol. The van der Waals surface area contributed by atoms with Gasteiger partial charge in [0.2, 0.25) is 0 Å². The molecule has 4 nitrogen and oxygen atoms in total. The van der Waals surface area contributed by atoms with Crippen LogP contribution in [-0.4, -0.2) is 45.2 Å². The maximum Gasteiger partial charge on any atom is 0.150 e. The standard InChI is InChI=1S/C15H25NO3S/c17-20(18)8-5-12(9-20)15(10-16-13-3-4-13)6-7-19-14(15)11-1-2-11/h11-14,16H,1-10H2. The van der Waals surface area contributed by atoms with Crippen molar-refractivity contribution in [2.45, 2.75) is 50.7 Å². The van der Waals surface area contributed by atoms with E-state index in [9.17, 15) is 8.42 Å². The van der Waals surface area contributed by atoms with Crippen molar-refractivity contribution < 1.29 is 13.2 Å². The molecular weight excluding hydrogens is 274 g/mol. The second-order valence-corrected chi connectivity index (χ2v) is 9.60. The Kier molecular flexibility index (Phi) is 3.17. The lowest BCUT2D eigenvalue weighted by molar-refractivity contribution is 0.00480. The van der Waals surface area contributed by atoms with Gasteiger partial charge in [0.1, 0.15) is 0 Å². The Morgan fingerprint density at radius 1 is 1.15 bits per heavy atom. The Labute approximate surface area is 121 Å². The molecule has 1 N–H and O–H groups in total. The molecule has 2 aliphatic carbocycles. The Hall–Kier alpha value is -0.130. The highest BCUT2D eigenvalue weighted by atomic mass is 32.2. The van der Waals surface area contributed by atoms with Crippen molar-refractivity contribution in [2.75, 3.05) is 24.7 Å². The van der Waals surface area contributed by atoms with Crippen LogP contribution < -0.4 is 5.32 Å². The molecule has 0 aromatic rings. The molecule has 4 aliphatic rings.